The van der Waals surface area contributed by atoms with Crippen molar-refractivity contribution in [1.29, 1.82) is 0 Å². The van der Waals surface area contributed by atoms with Gasteiger partial charge in [-0.25, -0.2) is 0 Å². The van der Waals surface area contributed by atoms with Gasteiger partial charge < -0.3 is 10.5 Å². The lowest BCUT2D eigenvalue weighted by Gasteiger charge is -2.22. The molecule has 0 amide bonds. The molecule has 0 aromatic carbocycles. The Bertz CT molecular complexity index is 187. The van der Waals surface area contributed by atoms with Crippen LogP contribution < -0.4 is 5.73 Å². The Morgan fingerprint density at radius 1 is 1.54 bits per heavy atom. The molecule has 2 N–H and O–H groups in total. The van der Waals surface area contributed by atoms with Crippen molar-refractivity contribution in [2.24, 2.45) is 17.1 Å². The molecule has 1 aliphatic rings. The third-order valence-corrected chi connectivity index (χ3v) is 3.14. The predicted molar refractivity (Wildman–Crippen MR) is 58.7 cm³/mol. The maximum absolute atomic E-state index is 5.60. The number of thiocarbonyl (C=S) groups is 1. The van der Waals surface area contributed by atoms with Crippen LogP contribution in [0.25, 0.3) is 0 Å². The van der Waals surface area contributed by atoms with Crippen molar-refractivity contribution < 1.29 is 4.74 Å². The highest BCUT2D eigenvalue weighted by Crippen LogP contribution is 2.29. The first-order valence-corrected chi connectivity index (χ1v) is 5.31. The van der Waals surface area contributed by atoms with Crippen LogP contribution in [0.1, 0.15) is 33.1 Å². The van der Waals surface area contributed by atoms with Crippen LogP contribution in [0.2, 0.25) is 0 Å². The van der Waals surface area contributed by atoms with Crippen LogP contribution in [0, 0.1) is 11.3 Å². The van der Waals surface area contributed by atoms with Crippen LogP contribution in [0.15, 0.2) is 0 Å². The third-order valence-electron chi connectivity index (χ3n) is 2.59. The molecule has 0 aromatic rings. The summed E-state index contributed by atoms with van der Waals surface area (Å²) < 4.78 is 5.53. The van der Waals surface area contributed by atoms with Gasteiger partial charge in [0.05, 0.1) is 4.99 Å². The highest BCUT2D eigenvalue weighted by atomic mass is 32.1. The van der Waals surface area contributed by atoms with Crippen molar-refractivity contribution in [1.82, 2.24) is 0 Å². The van der Waals surface area contributed by atoms with Gasteiger partial charge in [-0.1, -0.05) is 26.1 Å². The fourth-order valence-corrected chi connectivity index (χ4v) is 1.09. The summed E-state index contributed by atoms with van der Waals surface area (Å²) in [5.74, 6) is 0.841. The molecule has 76 valence electrons. The lowest BCUT2D eigenvalue weighted by Crippen LogP contribution is -2.30. The molecule has 0 bridgehead atoms. The van der Waals surface area contributed by atoms with E-state index in [2.05, 4.69) is 13.8 Å². The minimum Gasteiger partial charge on any atom is -0.393 e. The summed E-state index contributed by atoms with van der Waals surface area (Å²) in [6, 6.07) is 0. The second kappa shape index (κ2) is 4.38. The summed E-state index contributed by atoms with van der Waals surface area (Å²) >= 11 is 4.97. The molecular formula is C10H19NOS. The number of hydrogen-bond acceptors (Lipinski definition) is 2. The van der Waals surface area contributed by atoms with E-state index >= 15 is 0 Å². The zero-order valence-electron chi connectivity index (χ0n) is 8.51. The highest BCUT2D eigenvalue weighted by molar-refractivity contribution is 7.80. The summed E-state index contributed by atoms with van der Waals surface area (Å²) in [7, 11) is 0. The lowest BCUT2D eigenvalue weighted by atomic mass is 9.90. The molecule has 1 aliphatic carbocycles. The average Bonchev–Trinajstić information content (AvgIpc) is 2.81. The van der Waals surface area contributed by atoms with Gasteiger partial charge in [0.25, 0.3) is 0 Å². The monoisotopic (exact) mass is 201 g/mol. The van der Waals surface area contributed by atoms with E-state index in [0.29, 0.717) is 4.99 Å². The fourth-order valence-electron chi connectivity index (χ4n) is 0.985. The average molecular weight is 201 g/mol. The summed E-state index contributed by atoms with van der Waals surface area (Å²) in [6.45, 7) is 5.83. The number of rotatable bonds is 6. The van der Waals surface area contributed by atoms with Gasteiger partial charge in [-0.3, -0.25) is 0 Å². The van der Waals surface area contributed by atoms with Gasteiger partial charge in [-0.2, -0.15) is 0 Å². The predicted octanol–water partition coefficient (Wildman–Crippen LogP) is 2.12. The molecule has 0 heterocycles. The Balaban J connectivity index is 2.05. The Morgan fingerprint density at radius 2 is 2.15 bits per heavy atom. The zero-order valence-corrected chi connectivity index (χ0v) is 9.32. The quantitative estimate of drug-likeness (QED) is 0.528. The van der Waals surface area contributed by atoms with E-state index in [9.17, 15) is 0 Å². The second-order valence-corrected chi connectivity index (χ2v) is 4.96. The summed E-state index contributed by atoms with van der Waals surface area (Å²) in [4.78, 5) is 0.586. The first-order chi connectivity index (χ1) is 6.02. The molecule has 0 saturated heterocycles. The van der Waals surface area contributed by atoms with E-state index < -0.39 is 0 Å². The summed E-state index contributed by atoms with van der Waals surface area (Å²) in [5, 5.41) is 0. The minimum absolute atomic E-state index is 0.0567. The Hall–Kier alpha value is -0.150. The van der Waals surface area contributed by atoms with Gasteiger partial charge >= 0.3 is 0 Å². The van der Waals surface area contributed by atoms with Crippen molar-refractivity contribution in [3.05, 3.63) is 0 Å². The topological polar surface area (TPSA) is 35.2 Å². The SMILES string of the molecule is CC(C)(CCOCC1CC1)C(N)=S. The molecule has 0 radical (unpaired) electrons. The van der Waals surface area contributed by atoms with Gasteiger partial charge in [0.1, 0.15) is 0 Å². The summed E-state index contributed by atoms with van der Waals surface area (Å²) in [6.07, 6.45) is 3.62. The van der Waals surface area contributed by atoms with Crippen molar-refractivity contribution in [2.75, 3.05) is 13.2 Å². The van der Waals surface area contributed by atoms with E-state index in [0.717, 1.165) is 25.6 Å². The van der Waals surface area contributed by atoms with E-state index in [1.807, 2.05) is 0 Å². The standard InChI is InChI=1S/C10H19NOS/c1-10(2,9(11)13)5-6-12-7-8-3-4-8/h8H,3-7H2,1-2H3,(H2,11,13). The Labute approximate surface area is 85.8 Å². The van der Waals surface area contributed by atoms with Crippen molar-refractivity contribution in [3.8, 4) is 0 Å². The molecule has 2 nitrogen and oxygen atoms in total. The van der Waals surface area contributed by atoms with Crippen molar-refractivity contribution >= 4 is 17.2 Å². The van der Waals surface area contributed by atoms with E-state index in [-0.39, 0.29) is 5.41 Å². The number of nitrogens with two attached hydrogens (primary N) is 1. The van der Waals surface area contributed by atoms with Gasteiger partial charge in [0.2, 0.25) is 0 Å². The summed E-state index contributed by atoms with van der Waals surface area (Å²) in [5.41, 5.74) is 5.54. The smallest absolute Gasteiger partial charge is 0.0785 e. The molecule has 1 fully saturated rings. The van der Waals surface area contributed by atoms with Gasteiger partial charge in [0.15, 0.2) is 0 Å². The van der Waals surface area contributed by atoms with Crippen molar-refractivity contribution in [2.45, 2.75) is 33.1 Å². The first-order valence-electron chi connectivity index (χ1n) is 4.90. The third kappa shape index (κ3) is 4.05. The molecule has 0 spiro atoms. The molecule has 13 heavy (non-hydrogen) atoms. The Morgan fingerprint density at radius 3 is 2.62 bits per heavy atom. The molecule has 3 heteroatoms. The number of hydrogen-bond donors (Lipinski definition) is 1. The molecule has 0 aliphatic heterocycles. The molecule has 1 saturated carbocycles. The van der Waals surface area contributed by atoms with Crippen LogP contribution in [0.4, 0.5) is 0 Å². The molecule has 0 atom stereocenters. The van der Waals surface area contributed by atoms with Gasteiger partial charge in [-0.15, -0.1) is 0 Å². The molecular weight excluding hydrogens is 182 g/mol. The zero-order chi connectivity index (χ0) is 9.90. The van der Waals surface area contributed by atoms with Crippen molar-refractivity contribution in [3.63, 3.8) is 0 Å². The van der Waals surface area contributed by atoms with E-state index in [1.165, 1.54) is 12.8 Å². The lowest BCUT2D eigenvalue weighted by molar-refractivity contribution is 0.108. The van der Waals surface area contributed by atoms with Crippen LogP contribution in [0.5, 0.6) is 0 Å². The van der Waals surface area contributed by atoms with Crippen LogP contribution in [0.3, 0.4) is 0 Å². The van der Waals surface area contributed by atoms with E-state index in [4.69, 9.17) is 22.7 Å². The van der Waals surface area contributed by atoms with Gasteiger partial charge in [-0.05, 0) is 25.2 Å². The van der Waals surface area contributed by atoms with Gasteiger partial charge in [0, 0.05) is 18.6 Å². The second-order valence-electron chi connectivity index (χ2n) is 4.52. The maximum atomic E-state index is 5.60. The molecule has 0 unspecified atom stereocenters. The minimum atomic E-state index is -0.0567. The van der Waals surface area contributed by atoms with Crippen LogP contribution >= 0.6 is 12.2 Å². The van der Waals surface area contributed by atoms with Crippen LogP contribution in [-0.2, 0) is 4.74 Å². The fraction of sp³-hybridized carbons (Fsp3) is 0.900. The molecule has 0 aromatic heterocycles. The largest absolute Gasteiger partial charge is 0.393 e. The van der Waals surface area contributed by atoms with Crippen LogP contribution in [-0.4, -0.2) is 18.2 Å². The normalized spacial score (nSPS) is 17.4. The maximum Gasteiger partial charge on any atom is 0.0785 e. The Kier molecular flexibility index (Phi) is 3.68. The number of ether oxygens (including phenoxy) is 1. The first kappa shape index (κ1) is 10.9. The van der Waals surface area contributed by atoms with E-state index in [1.54, 1.807) is 0 Å². The molecule has 1 rings (SSSR count). The highest BCUT2D eigenvalue weighted by Gasteiger charge is 2.23.